The van der Waals surface area contributed by atoms with Crippen LogP contribution < -0.4 is 5.32 Å². The average Bonchev–Trinajstić information content (AvgIpc) is 2.53. The lowest BCUT2D eigenvalue weighted by Crippen LogP contribution is -2.48. The Hall–Kier alpha value is -0.610. The topological polar surface area (TPSA) is 35.6 Å². The van der Waals surface area contributed by atoms with E-state index in [-0.39, 0.29) is 0 Å². The third-order valence-electron chi connectivity index (χ3n) is 5.05. The Kier molecular flexibility index (Phi) is 6.30. The highest BCUT2D eigenvalue weighted by atomic mass is 16.2. The third kappa shape index (κ3) is 4.19. The zero-order valence-electron chi connectivity index (χ0n) is 13.2. The second-order valence-corrected chi connectivity index (χ2v) is 6.37. The van der Waals surface area contributed by atoms with Crippen LogP contribution in [0, 0.1) is 5.92 Å². The van der Waals surface area contributed by atoms with E-state index in [1.807, 2.05) is 4.90 Å². The molecule has 0 bridgehead atoms. The molecule has 2 saturated heterocycles. The summed E-state index contributed by atoms with van der Waals surface area (Å²) < 4.78 is 0. The molecule has 0 saturated carbocycles. The molecule has 4 heteroatoms. The molecule has 1 amide bonds. The largest absolute Gasteiger partial charge is 0.340 e. The fraction of sp³-hybridized carbons (Fsp3) is 0.938. The molecule has 1 N–H and O–H groups in total. The number of hydrogen-bond donors (Lipinski definition) is 1. The van der Waals surface area contributed by atoms with Crippen molar-refractivity contribution in [3.8, 4) is 0 Å². The van der Waals surface area contributed by atoms with Gasteiger partial charge in [-0.2, -0.15) is 0 Å². The number of rotatable bonds is 5. The lowest BCUT2D eigenvalue weighted by molar-refractivity contribution is -0.132. The minimum absolute atomic E-state index is 0.347. The van der Waals surface area contributed by atoms with Crippen LogP contribution in [0.25, 0.3) is 0 Å². The minimum Gasteiger partial charge on any atom is -0.340 e. The maximum absolute atomic E-state index is 12.3. The number of amides is 1. The third-order valence-corrected chi connectivity index (χ3v) is 5.05. The van der Waals surface area contributed by atoms with Crippen molar-refractivity contribution >= 4 is 5.91 Å². The van der Waals surface area contributed by atoms with Gasteiger partial charge in [0.25, 0.3) is 0 Å². The maximum atomic E-state index is 12.3. The summed E-state index contributed by atoms with van der Waals surface area (Å²) in [5.41, 5.74) is 0. The maximum Gasteiger partial charge on any atom is 0.223 e. The van der Waals surface area contributed by atoms with Crippen molar-refractivity contribution < 1.29 is 4.79 Å². The molecule has 2 aliphatic heterocycles. The van der Waals surface area contributed by atoms with Crippen molar-refractivity contribution in [2.45, 2.75) is 52.0 Å². The molecular formula is C16H31N3O. The fourth-order valence-electron chi connectivity index (χ4n) is 3.52. The number of carbonyl (C=O) groups excluding carboxylic acids is 1. The van der Waals surface area contributed by atoms with E-state index in [9.17, 15) is 4.79 Å². The molecule has 2 atom stereocenters. The molecular weight excluding hydrogens is 250 g/mol. The van der Waals surface area contributed by atoms with Gasteiger partial charge >= 0.3 is 0 Å². The summed E-state index contributed by atoms with van der Waals surface area (Å²) in [7, 11) is 0. The Morgan fingerprint density at radius 2 is 2.00 bits per heavy atom. The van der Waals surface area contributed by atoms with Crippen LogP contribution in [0.1, 0.15) is 46.0 Å². The molecule has 2 heterocycles. The second kappa shape index (κ2) is 7.99. The zero-order valence-corrected chi connectivity index (χ0v) is 13.2. The molecule has 116 valence electrons. The quantitative estimate of drug-likeness (QED) is 0.833. The van der Waals surface area contributed by atoms with Gasteiger partial charge in [-0.3, -0.25) is 9.69 Å². The van der Waals surface area contributed by atoms with Gasteiger partial charge in [0, 0.05) is 45.2 Å². The van der Waals surface area contributed by atoms with Crippen LogP contribution in [0.4, 0.5) is 0 Å². The van der Waals surface area contributed by atoms with Gasteiger partial charge in [-0.15, -0.1) is 0 Å². The summed E-state index contributed by atoms with van der Waals surface area (Å²) in [5.74, 6) is 1.10. The second-order valence-electron chi connectivity index (χ2n) is 6.37. The molecule has 0 spiro atoms. The van der Waals surface area contributed by atoms with Crippen molar-refractivity contribution in [3.05, 3.63) is 0 Å². The Balaban J connectivity index is 1.79. The van der Waals surface area contributed by atoms with Gasteiger partial charge < -0.3 is 10.2 Å². The normalized spacial score (nSPS) is 26.5. The van der Waals surface area contributed by atoms with Crippen LogP contribution >= 0.6 is 0 Å². The van der Waals surface area contributed by atoms with Crippen molar-refractivity contribution in [2.24, 2.45) is 5.92 Å². The van der Waals surface area contributed by atoms with Crippen molar-refractivity contribution in [1.82, 2.24) is 15.1 Å². The molecule has 2 rings (SSSR count). The van der Waals surface area contributed by atoms with Crippen LogP contribution in [0.3, 0.4) is 0 Å². The number of nitrogens with zero attached hydrogens (tertiary/aromatic N) is 2. The van der Waals surface area contributed by atoms with Crippen molar-refractivity contribution in [3.63, 3.8) is 0 Å². The van der Waals surface area contributed by atoms with Gasteiger partial charge in [0.1, 0.15) is 0 Å². The van der Waals surface area contributed by atoms with Gasteiger partial charge in [0.15, 0.2) is 0 Å². The first-order valence-electron chi connectivity index (χ1n) is 8.45. The molecule has 0 aromatic rings. The predicted octanol–water partition coefficient (Wildman–Crippen LogP) is 1.71. The van der Waals surface area contributed by atoms with E-state index >= 15 is 0 Å². The number of likely N-dealkylation sites (tertiary alicyclic amines) is 1. The number of piperidine rings is 1. The Labute approximate surface area is 123 Å². The summed E-state index contributed by atoms with van der Waals surface area (Å²) in [6.45, 7) is 10.4. The SMILES string of the molecule is CCC(C)C1CCCCN1CCC(=O)N1CCNCC1. The van der Waals surface area contributed by atoms with Gasteiger partial charge in [0.2, 0.25) is 5.91 Å². The summed E-state index contributed by atoms with van der Waals surface area (Å²) in [6, 6.07) is 0.699. The summed E-state index contributed by atoms with van der Waals surface area (Å²) in [6.07, 6.45) is 5.92. The van der Waals surface area contributed by atoms with E-state index < -0.39 is 0 Å². The van der Waals surface area contributed by atoms with E-state index in [0.717, 1.165) is 38.6 Å². The number of carbonyl (C=O) groups is 1. The Bertz CT molecular complexity index is 302. The summed E-state index contributed by atoms with van der Waals surface area (Å²) >= 11 is 0. The first kappa shape index (κ1) is 15.8. The average molecular weight is 281 g/mol. The smallest absolute Gasteiger partial charge is 0.223 e. The Morgan fingerprint density at radius 1 is 1.25 bits per heavy atom. The van der Waals surface area contributed by atoms with Crippen molar-refractivity contribution in [1.29, 1.82) is 0 Å². The highest BCUT2D eigenvalue weighted by Gasteiger charge is 2.27. The predicted molar refractivity (Wildman–Crippen MR) is 82.7 cm³/mol. The number of nitrogens with one attached hydrogen (secondary N) is 1. The van der Waals surface area contributed by atoms with E-state index in [1.165, 1.54) is 32.2 Å². The monoisotopic (exact) mass is 281 g/mol. The molecule has 0 radical (unpaired) electrons. The molecule has 2 unspecified atom stereocenters. The van der Waals surface area contributed by atoms with Gasteiger partial charge in [0.05, 0.1) is 0 Å². The van der Waals surface area contributed by atoms with Gasteiger partial charge in [-0.25, -0.2) is 0 Å². The van der Waals surface area contributed by atoms with Crippen LogP contribution in [-0.2, 0) is 4.79 Å². The van der Waals surface area contributed by atoms with E-state index in [1.54, 1.807) is 0 Å². The molecule has 0 aromatic carbocycles. The van der Waals surface area contributed by atoms with E-state index in [0.29, 0.717) is 18.4 Å². The van der Waals surface area contributed by atoms with E-state index in [2.05, 4.69) is 24.1 Å². The highest BCUT2D eigenvalue weighted by Crippen LogP contribution is 2.25. The van der Waals surface area contributed by atoms with Crippen LogP contribution in [0.2, 0.25) is 0 Å². The van der Waals surface area contributed by atoms with Crippen LogP contribution in [0.5, 0.6) is 0 Å². The van der Waals surface area contributed by atoms with Crippen LogP contribution in [-0.4, -0.2) is 61.0 Å². The first-order valence-corrected chi connectivity index (χ1v) is 8.45. The lowest BCUT2D eigenvalue weighted by atomic mass is 9.89. The van der Waals surface area contributed by atoms with Crippen molar-refractivity contribution in [2.75, 3.05) is 39.3 Å². The zero-order chi connectivity index (χ0) is 14.4. The minimum atomic E-state index is 0.347. The first-order chi connectivity index (χ1) is 9.72. The number of piperazine rings is 1. The fourth-order valence-corrected chi connectivity index (χ4v) is 3.52. The lowest BCUT2D eigenvalue weighted by Gasteiger charge is -2.39. The molecule has 0 aliphatic carbocycles. The van der Waals surface area contributed by atoms with Gasteiger partial charge in [-0.1, -0.05) is 26.7 Å². The van der Waals surface area contributed by atoms with Gasteiger partial charge in [-0.05, 0) is 25.3 Å². The summed E-state index contributed by atoms with van der Waals surface area (Å²) in [5, 5.41) is 3.30. The molecule has 2 aliphatic rings. The van der Waals surface area contributed by atoms with E-state index in [4.69, 9.17) is 0 Å². The molecule has 0 aromatic heterocycles. The standard InChI is InChI=1S/C16H31N3O/c1-3-14(2)15-6-4-5-10-18(15)11-7-16(20)19-12-8-17-9-13-19/h14-15,17H,3-13H2,1-2H3. The highest BCUT2D eigenvalue weighted by molar-refractivity contribution is 5.76. The number of hydrogen-bond acceptors (Lipinski definition) is 3. The molecule has 20 heavy (non-hydrogen) atoms. The van der Waals surface area contributed by atoms with Crippen LogP contribution in [0.15, 0.2) is 0 Å². The molecule has 2 fully saturated rings. The molecule has 4 nitrogen and oxygen atoms in total. The Morgan fingerprint density at radius 3 is 2.70 bits per heavy atom. The summed E-state index contributed by atoms with van der Waals surface area (Å²) in [4.78, 5) is 16.9.